The van der Waals surface area contributed by atoms with Gasteiger partial charge < -0.3 is 10.6 Å². The Balaban J connectivity index is 1.46. The van der Waals surface area contributed by atoms with E-state index in [9.17, 15) is 4.79 Å². The first kappa shape index (κ1) is 10.6. The lowest BCUT2D eigenvalue weighted by Gasteiger charge is -2.12. The van der Waals surface area contributed by atoms with Crippen molar-refractivity contribution in [3.05, 3.63) is 0 Å². The van der Waals surface area contributed by atoms with E-state index in [2.05, 4.69) is 24.5 Å². The molecule has 0 spiro atoms. The van der Waals surface area contributed by atoms with Crippen LogP contribution in [-0.2, 0) is 4.79 Å². The molecule has 2 bridgehead atoms. The predicted octanol–water partition coefficient (Wildman–Crippen LogP) is 1.15. The van der Waals surface area contributed by atoms with Crippen molar-refractivity contribution in [1.82, 2.24) is 10.6 Å². The topological polar surface area (TPSA) is 41.1 Å². The molecule has 3 fully saturated rings. The fourth-order valence-electron chi connectivity index (χ4n) is 4.05. The van der Waals surface area contributed by atoms with Crippen LogP contribution >= 0.6 is 0 Å². The zero-order chi connectivity index (χ0) is 11.3. The monoisotopic (exact) mass is 222 g/mol. The van der Waals surface area contributed by atoms with Gasteiger partial charge in [-0.15, -0.1) is 0 Å². The van der Waals surface area contributed by atoms with Crippen molar-refractivity contribution >= 4 is 5.91 Å². The van der Waals surface area contributed by atoms with Crippen molar-refractivity contribution in [1.29, 1.82) is 0 Å². The summed E-state index contributed by atoms with van der Waals surface area (Å²) in [6.45, 7) is 4.61. The number of rotatable bonds is 4. The van der Waals surface area contributed by atoms with Crippen LogP contribution in [0.1, 0.15) is 33.1 Å². The molecular weight excluding hydrogens is 200 g/mol. The Morgan fingerprint density at radius 3 is 2.44 bits per heavy atom. The summed E-state index contributed by atoms with van der Waals surface area (Å²) in [5.74, 6) is 3.77. The summed E-state index contributed by atoms with van der Waals surface area (Å²) in [5.41, 5.74) is 0. The van der Waals surface area contributed by atoms with Crippen LogP contribution in [0.15, 0.2) is 0 Å². The minimum absolute atomic E-state index is 0.188. The van der Waals surface area contributed by atoms with Gasteiger partial charge in [0.2, 0.25) is 5.91 Å². The summed E-state index contributed by atoms with van der Waals surface area (Å²) >= 11 is 0. The normalized spacial score (nSPS) is 43.6. The number of carbonyl (C=O) groups is 1. The molecule has 3 rings (SSSR count). The molecule has 3 aliphatic rings. The van der Waals surface area contributed by atoms with E-state index >= 15 is 0 Å². The summed E-state index contributed by atoms with van der Waals surface area (Å²) in [7, 11) is 0. The smallest absolute Gasteiger partial charge is 0.234 e. The van der Waals surface area contributed by atoms with Gasteiger partial charge >= 0.3 is 0 Å². The molecule has 4 atom stereocenters. The van der Waals surface area contributed by atoms with Gasteiger partial charge in [0.25, 0.3) is 0 Å². The van der Waals surface area contributed by atoms with Gasteiger partial charge in [-0.25, -0.2) is 0 Å². The van der Waals surface area contributed by atoms with Gasteiger partial charge in [0, 0.05) is 12.1 Å². The Hall–Kier alpha value is -0.570. The molecule has 0 heterocycles. The van der Waals surface area contributed by atoms with Crippen LogP contribution in [0.5, 0.6) is 0 Å². The average Bonchev–Trinajstić information content (AvgIpc) is 2.66. The highest BCUT2D eigenvalue weighted by Gasteiger charge is 2.65. The van der Waals surface area contributed by atoms with Crippen LogP contribution < -0.4 is 10.6 Å². The fraction of sp³-hybridized carbons (Fsp3) is 0.923. The van der Waals surface area contributed by atoms with E-state index in [0.29, 0.717) is 18.6 Å². The molecule has 3 nitrogen and oxygen atoms in total. The van der Waals surface area contributed by atoms with Crippen molar-refractivity contribution in [2.45, 2.75) is 45.2 Å². The van der Waals surface area contributed by atoms with E-state index in [1.165, 1.54) is 19.3 Å². The van der Waals surface area contributed by atoms with Crippen LogP contribution in [-0.4, -0.2) is 24.5 Å². The molecule has 16 heavy (non-hydrogen) atoms. The Labute approximate surface area is 97.4 Å². The van der Waals surface area contributed by atoms with Crippen molar-refractivity contribution in [2.75, 3.05) is 6.54 Å². The summed E-state index contributed by atoms with van der Waals surface area (Å²) in [6, 6.07) is 0.924. The highest BCUT2D eigenvalue weighted by molar-refractivity contribution is 5.79. The lowest BCUT2D eigenvalue weighted by Crippen LogP contribution is -2.39. The number of fused-ring (bicyclic) bond motifs is 5. The van der Waals surface area contributed by atoms with Crippen LogP contribution in [0.4, 0.5) is 0 Å². The van der Waals surface area contributed by atoms with Gasteiger partial charge in [0.15, 0.2) is 0 Å². The zero-order valence-corrected chi connectivity index (χ0v) is 10.2. The molecule has 0 radical (unpaired) electrons. The fourth-order valence-corrected chi connectivity index (χ4v) is 4.05. The Bertz CT molecular complexity index is 286. The molecule has 3 saturated carbocycles. The lowest BCUT2D eigenvalue weighted by molar-refractivity contribution is -0.120. The standard InChI is InChI=1S/C13H22N2O/c1-7(2)14-6-10(16)15-13-11-8-3-4-9(5-8)12(11)13/h7-9,11-14H,3-6H2,1-2H3,(H,15,16). The molecule has 0 aliphatic heterocycles. The second-order valence-corrected chi connectivity index (χ2v) is 6.12. The second-order valence-electron chi connectivity index (χ2n) is 6.12. The second kappa shape index (κ2) is 3.73. The van der Waals surface area contributed by atoms with E-state index in [1.807, 2.05) is 0 Å². The molecule has 0 aromatic carbocycles. The number of hydrogen-bond donors (Lipinski definition) is 2. The molecule has 3 heteroatoms. The minimum Gasteiger partial charge on any atom is -0.352 e. The summed E-state index contributed by atoms with van der Waals surface area (Å²) in [4.78, 5) is 11.7. The molecular formula is C13H22N2O. The van der Waals surface area contributed by atoms with Gasteiger partial charge in [-0.2, -0.15) is 0 Å². The van der Waals surface area contributed by atoms with Gasteiger partial charge in [0.05, 0.1) is 6.54 Å². The van der Waals surface area contributed by atoms with Crippen molar-refractivity contribution in [3.63, 3.8) is 0 Å². The maximum Gasteiger partial charge on any atom is 0.234 e. The summed E-state index contributed by atoms with van der Waals surface area (Å²) in [6.07, 6.45) is 4.29. The maximum absolute atomic E-state index is 11.7. The van der Waals surface area contributed by atoms with E-state index in [-0.39, 0.29) is 5.91 Å². The lowest BCUT2D eigenvalue weighted by atomic mass is 10.0. The first-order valence-corrected chi connectivity index (χ1v) is 6.69. The molecule has 0 aromatic heterocycles. The quantitative estimate of drug-likeness (QED) is 0.749. The summed E-state index contributed by atoms with van der Waals surface area (Å²) in [5, 5.41) is 6.38. The first-order chi connectivity index (χ1) is 7.66. The van der Waals surface area contributed by atoms with Crippen LogP contribution in [0.2, 0.25) is 0 Å². The van der Waals surface area contributed by atoms with Crippen LogP contribution in [0.3, 0.4) is 0 Å². The average molecular weight is 222 g/mol. The predicted molar refractivity (Wildman–Crippen MR) is 62.9 cm³/mol. The molecule has 90 valence electrons. The third-order valence-corrected chi connectivity index (χ3v) is 4.73. The number of hydrogen-bond acceptors (Lipinski definition) is 2. The molecule has 2 N–H and O–H groups in total. The van der Waals surface area contributed by atoms with Crippen LogP contribution in [0.25, 0.3) is 0 Å². The Morgan fingerprint density at radius 2 is 1.88 bits per heavy atom. The third-order valence-electron chi connectivity index (χ3n) is 4.73. The first-order valence-electron chi connectivity index (χ1n) is 6.69. The van der Waals surface area contributed by atoms with Gasteiger partial charge in [-0.05, 0) is 42.9 Å². The molecule has 4 unspecified atom stereocenters. The highest BCUT2D eigenvalue weighted by atomic mass is 16.2. The Morgan fingerprint density at radius 1 is 1.25 bits per heavy atom. The van der Waals surface area contributed by atoms with E-state index in [0.717, 1.165) is 23.7 Å². The Kier molecular flexibility index (Phi) is 2.46. The molecule has 0 aromatic rings. The van der Waals surface area contributed by atoms with Crippen molar-refractivity contribution in [2.24, 2.45) is 23.7 Å². The van der Waals surface area contributed by atoms with Crippen molar-refractivity contribution < 1.29 is 4.79 Å². The van der Waals surface area contributed by atoms with Crippen molar-refractivity contribution in [3.8, 4) is 0 Å². The largest absolute Gasteiger partial charge is 0.352 e. The SMILES string of the molecule is CC(C)NCC(=O)NC1C2C3CCC(C3)C12. The molecule has 1 amide bonds. The zero-order valence-electron chi connectivity index (χ0n) is 10.2. The van der Waals surface area contributed by atoms with Gasteiger partial charge in [-0.1, -0.05) is 13.8 Å². The third kappa shape index (κ3) is 1.65. The number of nitrogens with one attached hydrogen (secondary N) is 2. The minimum atomic E-state index is 0.188. The number of amides is 1. The van der Waals surface area contributed by atoms with E-state index < -0.39 is 0 Å². The molecule has 3 aliphatic carbocycles. The van der Waals surface area contributed by atoms with Crippen LogP contribution in [0, 0.1) is 23.7 Å². The number of carbonyl (C=O) groups excluding carboxylic acids is 1. The van der Waals surface area contributed by atoms with Gasteiger partial charge in [-0.3, -0.25) is 4.79 Å². The van der Waals surface area contributed by atoms with E-state index in [4.69, 9.17) is 0 Å². The van der Waals surface area contributed by atoms with Gasteiger partial charge in [0.1, 0.15) is 0 Å². The maximum atomic E-state index is 11.7. The summed E-state index contributed by atoms with van der Waals surface area (Å²) < 4.78 is 0. The highest BCUT2D eigenvalue weighted by Crippen LogP contribution is 2.65. The molecule has 0 saturated heterocycles. The van der Waals surface area contributed by atoms with E-state index in [1.54, 1.807) is 0 Å².